The number of aliphatic hydroxyl groups excluding tert-OH is 1. The summed E-state index contributed by atoms with van der Waals surface area (Å²) in [6.07, 6.45) is 7.29. The number of hydrogen-bond acceptors (Lipinski definition) is 3. The molecule has 1 aromatic rings. The van der Waals surface area contributed by atoms with Gasteiger partial charge in [-0.05, 0) is 41.5 Å². The zero-order valence-electron chi connectivity index (χ0n) is 16.1. The molecule has 1 aromatic carbocycles. The fourth-order valence-electron chi connectivity index (χ4n) is 3.75. The third-order valence-corrected chi connectivity index (χ3v) is 6.81. The van der Waals surface area contributed by atoms with Gasteiger partial charge in [-0.15, -0.1) is 0 Å². The summed E-state index contributed by atoms with van der Waals surface area (Å²) in [5, 5.41) is 10.5. The van der Waals surface area contributed by atoms with Gasteiger partial charge in [-0.25, -0.2) is 10.8 Å². The van der Waals surface area contributed by atoms with Gasteiger partial charge in [0.05, 0.1) is 27.1 Å². The molecule has 1 N–H and O–H groups in total. The molecule has 1 heterocycles. The van der Waals surface area contributed by atoms with Crippen LogP contribution in [-0.4, -0.2) is 58.6 Å². The summed E-state index contributed by atoms with van der Waals surface area (Å²) >= 11 is 0. The molecule has 0 aromatic heterocycles. The number of nitrogens with zero attached hydrogens (tertiary/aromatic N) is 1. The molecule has 0 saturated heterocycles. The summed E-state index contributed by atoms with van der Waals surface area (Å²) in [4.78, 5) is 14.3. The van der Waals surface area contributed by atoms with Crippen molar-refractivity contribution in [2.75, 3.05) is 27.7 Å². The van der Waals surface area contributed by atoms with E-state index in [0.717, 1.165) is 16.7 Å². The van der Waals surface area contributed by atoms with Crippen LogP contribution in [0.4, 0.5) is 0 Å². The van der Waals surface area contributed by atoms with E-state index >= 15 is 0 Å². The third-order valence-electron chi connectivity index (χ3n) is 5.09. The molecule has 3 unspecified atom stereocenters. The number of fused-ring (bicyclic) bond motifs is 2. The van der Waals surface area contributed by atoms with Crippen LogP contribution in [0, 0.1) is 19.8 Å². The normalized spacial score (nSPS) is 23.0. The predicted molar refractivity (Wildman–Crippen MR) is 106 cm³/mol. The maximum Gasteiger partial charge on any atom is 0.175 e. The smallest absolute Gasteiger partial charge is 0.175 e. The standard InChI is InChI=1S/C21H27NO3S/c1-13-14(2)21-18(11-15(13)10-16(23)12-22(3,4)5)20(24)17-8-6-7-9-19(17)26(21)25/h6-9,11,16-17,23H,10,12H2,1-5H3. The highest BCUT2D eigenvalue weighted by atomic mass is 32.2. The number of Topliss-reactive ketones (excluding diaryl/α,β-unsaturated/α-hetero) is 1. The topological polar surface area (TPSA) is 60.4 Å². The Balaban J connectivity index is 2.06. The molecule has 4 nitrogen and oxygen atoms in total. The Hall–Kier alpha value is -1.53. The summed E-state index contributed by atoms with van der Waals surface area (Å²) in [7, 11) is 4.81. The summed E-state index contributed by atoms with van der Waals surface area (Å²) in [5.41, 5.74) is 3.43. The molecule has 2 aliphatic rings. The number of aliphatic hydroxyl groups is 1. The first kappa shape index (κ1) is 19.2. The van der Waals surface area contributed by atoms with E-state index in [9.17, 15) is 14.5 Å². The van der Waals surface area contributed by atoms with Gasteiger partial charge in [0.25, 0.3) is 0 Å². The van der Waals surface area contributed by atoms with Crippen LogP contribution in [-0.2, 0) is 6.42 Å². The van der Waals surface area contributed by atoms with Crippen molar-refractivity contribution in [3.63, 3.8) is 0 Å². The van der Waals surface area contributed by atoms with Crippen molar-refractivity contribution >= 4 is 21.4 Å². The molecule has 140 valence electrons. The van der Waals surface area contributed by atoms with Gasteiger partial charge in [0.2, 0.25) is 0 Å². The SMILES string of the molecule is Cc1c(CC(O)C[N+](C)(C)C)cc2c(c1C)S([O-])=C1C=CC=CC1C2=O. The van der Waals surface area contributed by atoms with E-state index in [0.29, 0.717) is 32.8 Å². The Morgan fingerprint density at radius 1 is 1.23 bits per heavy atom. The Morgan fingerprint density at radius 3 is 2.58 bits per heavy atom. The van der Waals surface area contributed by atoms with Crippen LogP contribution in [0.3, 0.4) is 0 Å². The van der Waals surface area contributed by atoms with Crippen molar-refractivity contribution in [1.82, 2.24) is 0 Å². The molecule has 0 saturated carbocycles. The van der Waals surface area contributed by atoms with Gasteiger partial charge in [-0.3, -0.25) is 4.79 Å². The molecule has 0 bridgehead atoms. The highest BCUT2D eigenvalue weighted by molar-refractivity contribution is 8.11. The maximum absolute atomic E-state index is 13.1. The van der Waals surface area contributed by atoms with Crippen LogP contribution >= 0.6 is 10.8 Å². The molecule has 0 amide bonds. The zero-order chi connectivity index (χ0) is 19.2. The lowest BCUT2D eigenvalue weighted by atomic mass is 9.87. The number of likely N-dealkylation sites (N-methyl/N-ethyl adjacent to an activating group) is 1. The maximum atomic E-state index is 13.1. The fraction of sp³-hybridized carbons (Fsp3) is 0.429. The number of carbonyl (C=O) groups excluding carboxylic acids is 1. The molecule has 26 heavy (non-hydrogen) atoms. The van der Waals surface area contributed by atoms with E-state index < -0.39 is 22.8 Å². The third kappa shape index (κ3) is 3.49. The monoisotopic (exact) mass is 373 g/mol. The lowest BCUT2D eigenvalue weighted by Crippen LogP contribution is -2.42. The molecule has 0 radical (unpaired) electrons. The van der Waals surface area contributed by atoms with Crippen LogP contribution in [0.15, 0.2) is 35.3 Å². The molecular formula is C21H27NO3S. The summed E-state index contributed by atoms with van der Waals surface area (Å²) in [5.74, 6) is -0.430. The molecule has 1 aliphatic carbocycles. The van der Waals surface area contributed by atoms with Gasteiger partial charge >= 0.3 is 0 Å². The van der Waals surface area contributed by atoms with E-state index in [2.05, 4.69) is 0 Å². The van der Waals surface area contributed by atoms with E-state index in [1.807, 2.05) is 59.3 Å². The second kappa shape index (κ2) is 6.89. The lowest BCUT2D eigenvalue weighted by molar-refractivity contribution is -0.873. The average molecular weight is 374 g/mol. The molecular weight excluding hydrogens is 346 g/mol. The van der Waals surface area contributed by atoms with Crippen molar-refractivity contribution in [2.45, 2.75) is 31.3 Å². The van der Waals surface area contributed by atoms with E-state index in [-0.39, 0.29) is 5.78 Å². The fourth-order valence-corrected chi connectivity index (χ4v) is 5.39. The predicted octanol–water partition coefficient (Wildman–Crippen LogP) is 2.78. The minimum atomic E-state index is -1.32. The first-order chi connectivity index (χ1) is 12.1. The van der Waals surface area contributed by atoms with E-state index in [1.165, 1.54) is 0 Å². The highest BCUT2D eigenvalue weighted by Gasteiger charge is 2.31. The summed E-state index contributed by atoms with van der Waals surface area (Å²) < 4.78 is 13.7. The van der Waals surface area contributed by atoms with Crippen LogP contribution in [0.2, 0.25) is 0 Å². The average Bonchev–Trinajstić information content (AvgIpc) is 2.55. The number of quaternary nitrogens is 1. The minimum absolute atomic E-state index is 0.000595. The molecule has 3 atom stereocenters. The van der Waals surface area contributed by atoms with E-state index in [4.69, 9.17) is 0 Å². The van der Waals surface area contributed by atoms with Crippen molar-refractivity contribution in [3.8, 4) is 0 Å². The molecule has 0 fully saturated rings. The number of rotatable bonds is 4. The highest BCUT2D eigenvalue weighted by Crippen LogP contribution is 2.42. The largest absolute Gasteiger partial charge is 0.799 e. The second-order valence-electron chi connectivity index (χ2n) is 8.25. The molecule has 3 rings (SSSR count). The van der Waals surface area contributed by atoms with Crippen LogP contribution in [0.5, 0.6) is 0 Å². The second-order valence-corrected chi connectivity index (χ2v) is 9.67. The molecule has 0 spiro atoms. The lowest BCUT2D eigenvalue weighted by Gasteiger charge is -2.35. The number of benzene rings is 1. The molecule has 5 heteroatoms. The van der Waals surface area contributed by atoms with Gasteiger partial charge in [0.1, 0.15) is 12.6 Å². The van der Waals surface area contributed by atoms with Crippen molar-refractivity contribution < 1.29 is 18.9 Å². The van der Waals surface area contributed by atoms with Crippen LogP contribution in [0.1, 0.15) is 27.0 Å². The van der Waals surface area contributed by atoms with Gasteiger partial charge < -0.3 is 14.1 Å². The van der Waals surface area contributed by atoms with Gasteiger partial charge in [-0.1, -0.05) is 24.3 Å². The number of hydrogen-bond donors (Lipinski definition) is 1. The van der Waals surface area contributed by atoms with Crippen molar-refractivity contribution in [3.05, 3.63) is 52.6 Å². The van der Waals surface area contributed by atoms with Gasteiger partial charge in [-0.2, -0.15) is 0 Å². The Morgan fingerprint density at radius 2 is 1.92 bits per heavy atom. The van der Waals surface area contributed by atoms with Gasteiger partial charge in [0, 0.05) is 16.9 Å². The van der Waals surface area contributed by atoms with Gasteiger partial charge in [0.15, 0.2) is 5.78 Å². The minimum Gasteiger partial charge on any atom is -0.799 e. The van der Waals surface area contributed by atoms with Crippen LogP contribution < -0.4 is 0 Å². The first-order valence-electron chi connectivity index (χ1n) is 8.89. The quantitative estimate of drug-likeness (QED) is 0.652. The van der Waals surface area contributed by atoms with Crippen molar-refractivity contribution in [1.29, 1.82) is 0 Å². The van der Waals surface area contributed by atoms with E-state index in [1.54, 1.807) is 6.08 Å². The Kier molecular flexibility index (Phi) is 5.10. The summed E-state index contributed by atoms with van der Waals surface area (Å²) in [6, 6.07) is 1.86. The zero-order valence-corrected chi connectivity index (χ0v) is 16.9. The first-order valence-corrected chi connectivity index (χ1v) is 10.0. The van der Waals surface area contributed by atoms with Crippen LogP contribution in [0.25, 0.3) is 0 Å². The number of ketones is 1. The number of carbonyl (C=O) groups is 1. The number of allylic oxidation sites excluding steroid dienone is 4. The Labute approximate surface area is 158 Å². The Bertz CT molecular complexity index is 859. The summed E-state index contributed by atoms with van der Waals surface area (Å²) in [6.45, 7) is 4.54. The van der Waals surface area contributed by atoms with Crippen molar-refractivity contribution in [2.24, 2.45) is 5.92 Å². The molecule has 1 aliphatic heterocycles.